The summed E-state index contributed by atoms with van der Waals surface area (Å²) in [4.78, 5) is 23.8. The van der Waals surface area contributed by atoms with Crippen LogP contribution in [0.15, 0.2) is 53.3 Å². The van der Waals surface area contributed by atoms with E-state index in [2.05, 4.69) is 10.6 Å². The van der Waals surface area contributed by atoms with Gasteiger partial charge in [0.1, 0.15) is 12.3 Å². The monoisotopic (exact) mass is 301 g/mol. The molecule has 0 aliphatic carbocycles. The van der Waals surface area contributed by atoms with Crippen LogP contribution in [0.25, 0.3) is 0 Å². The molecule has 0 saturated heterocycles. The van der Waals surface area contributed by atoms with Crippen molar-refractivity contribution >= 4 is 11.8 Å². The Kier molecular flexibility index (Phi) is 5.32. The quantitative estimate of drug-likeness (QED) is 0.747. The number of benzene rings is 1. The molecule has 0 fully saturated rings. The molecule has 0 aliphatic heterocycles. The number of nitrogens with two attached hydrogens (primary N) is 1. The van der Waals surface area contributed by atoms with Crippen molar-refractivity contribution in [1.82, 2.24) is 10.6 Å². The van der Waals surface area contributed by atoms with Gasteiger partial charge in [-0.15, -0.1) is 0 Å². The molecule has 0 spiro atoms. The van der Waals surface area contributed by atoms with Crippen LogP contribution in [0.3, 0.4) is 0 Å². The van der Waals surface area contributed by atoms with Crippen LogP contribution in [0.5, 0.6) is 0 Å². The van der Waals surface area contributed by atoms with Crippen molar-refractivity contribution in [2.24, 2.45) is 5.73 Å². The van der Waals surface area contributed by atoms with E-state index in [1.807, 2.05) is 30.3 Å². The lowest BCUT2D eigenvalue weighted by molar-refractivity contribution is -0.122. The van der Waals surface area contributed by atoms with E-state index in [9.17, 15) is 9.59 Å². The SMILES string of the molecule is CC(NC(=O)c1ccoc1)C(=O)NCC(N)c1ccccc1. The zero-order valence-electron chi connectivity index (χ0n) is 12.3. The lowest BCUT2D eigenvalue weighted by Crippen LogP contribution is -2.46. The molecule has 2 aromatic rings. The maximum Gasteiger partial charge on any atom is 0.255 e. The standard InChI is InChI=1S/C16H19N3O3/c1-11(19-16(21)13-7-8-22-10-13)15(20)18-9-14(17)12-5-3-2-4-6-12/h2-8,10-11,14H,9,17H2,1H3,(H,18,20)(H,19,21). The van der Waals surface area contributed by atoms with Gasteiger partial charge in [-0.3, -0.25) is 9.59 Å². The summed E-state index contributed by atoms with van der Waals surface area (Å²) in [5.74, 6) is -0.646. The molecule has 116 valence electrons. The molecule has 0 saturated carbocycles. The van der Waals surface area contributed by atoms with Gasteiger partial charge in [0.05, 0.1) is 11.8 Å². The molecule has 2 unspecified atom stereocenters. The molecule has 1 heterocycles. The summed E-state index contributed by atoms with van der Waals surface area (Å²) in [6.45, 7) is 1.91. The van der Waals surface area contributed by atoms with E-state index in [0.29, 0.717) is 12.1 Å². The number of hydrogen-bond acceptors (Lipinski definition) is 4. The predicted molar refractivity (Wildman–Crippen MR) is 82.0 cm³/mol. The van der Waals surface area contributed by atoms with Gasteiger partial charge in [0, 0.05) is 12.6 Å². The Labute approximate surface area is 128 Å². The Morgan fingerprint density at radius 1 is 1.23 bits per heavy atom. The van der Waals surface area contributed by atoms with E-state index in [0.717, 1.165) is 5.56 Å². The molecule has 1 aromatic carbocycles. The molecule has 2 atom stereocenters. The first-order chi connectivity index (χ1) is 10.6. The number of rotatable bonds is 6. The van der Waals surface area contributed by atoms with E-state index in [1.54, 1.807) is 6.92 Å². The highest BCUT2D eigenvalue weighted by molar-refractivity contribution is 5.97. The summed E-state index contributed by atoms with van der Waals surface area (Å²) in [5, 5.41) is 5.32. The van der Waals surface area contributed by atoms with Gasteiger partial charge in [-0.2, -0.15) is 0 Å². The molecule has 0 radical (unpaired) electrons. The van der Waals surface area contributed by atoms with Crippen molar-refractivity contribution < 1.29 is 14.0 Å². The second-order valence-corrected chi connectivity index (χ2v) is 4.97. The van der Waals surface area contributed by atoms with E-state index >= 15 is 0 Å². The van der Waals surface area contributed by atoms with Gasteiger partial charge in [0.15, 0.2) is 0 Å². The van der Waals surface area contributed by atoms with Crippen LogP contribution in [-0.4, -0.2) is 24.4 Å². The summed E-state index contributed by atoms with van der Waals surface area (Å²) in [7, 11) is 0. The number of amides is 2. The van der Waals surface area contributed by atoms with Crippen LogP contribution >= 0.6 is 0 Å². The zero-order valence-corrected chi connectivity index (χ0v) is 12.3. The maximum absolute atomic E-state index is 12.0. The lowest BCUT2D eigenvalue weighted by atomic mass is 10.1. The predicted octanol–water partition coefficient (Wildman–Crippen LogP) is 1.21. The molecule has 0 bridgehead atoms. The smallest absolute Gasteiger partial charge is 0.255 e. The zero-order chi connectivity index (χ0) is 15.9. The molecular weight excluding hydrogens is 282 g/mol. The maximum atomic E-state index is 12.0. The number of carbonyl (C=O) groups is 2. The Morgan fingerprint density at radius 2 is 1.95 bits per heavy atom. The number of furan rings is 1. The average Bonchev–Trinajstić information content (AvgIpc) is 3.07. The first-order valence-corrected chi connectivity index (χ1v) is 6.99. The average molecular weight is 301 g/mol. The summed E-state index contributed by atoms with van der Waals surface area (Å²) in [6, 6.07) is 10.1. The van der Waals surface area contributed by atoms with Crippen LogP contribution in [-0.2, 0) is 4.79 Å². The minimum atomic E-state index is -0.662. The highest BCUT2D eigenvalue weighted by atomic mass is 16.3. The third-order valence-corrected chi connectivity index (χ3v) is 3.25. The molecular formula is C16H19N3O3. The normalized spacial score (nSPS) is 13.2. The summed E-state index contributed by atoms with van der Waals surface area (Å²) in [6.07, 6.45) is 2.73. The Morgan fingerprint density at radius 3 is 2.59 bits per heavy atom. The molecule has 6 heteroatoms. The summed E-state index contributed by atoms with van der Waals surface area (Å²) in [5.41, 5.74) is 7.33. The van der Waals surface area contributed by atoms with Gasteiger partial charge in [-0.1, -0.05) is 30.3 Å². The molecule has 2 amide bonds. The number of carbonyl (C=O) groups excluding carboxylic acids is 2. The van der Waals surface area contributed by atoms with E-state index in [1.165, 1.54) is 18.6 Å². The summed E-state index contributed by atoms with van der Waals surface area (Å²) < 4.78 is 4.83. The summed E-state index contributed by atoms with van der Waals surface area (Å²) >= 11 is 0. The highest BCUT2D eigenvalue weighted by Crippen LogP contribution is 2.08. The minimum absolute atomic E-state index is 0.289. The van der Waals surface area contributed by atoms with E-state index in [4.69, 9.17) is 10.2 Å². The second kappa shape index (κ2) is 7.42. The number of nitrogens with one attached hydrogen (secondary N) is 2. The highest BCUT2D eigenvalue weighted by Gasteiger charge is 2.17. The van der Waals surface area contributed by atoms with Crippen molar-refractivity contribution in [3.8, 4) is 0 Å². The largest absolute Gasteiger partial charge is 0.472 e. The first-order valence-electron chi connectivity index (χ1n) is 6.99. The van der Waals surface area contributed by atoms with Crippen LogP contribution in [0.2, 0.25) is 0 Å². The van der Waals surface area contributed by atoms with Crippen LogP contribution in [0.1, 0.15) is 28.9 Å². The molecule has 4 N–H and O–H groups in total. The third kappa shape index (κ3) is 4.20. The van der Waals surface area contributed by atoms with Gasteiger partial charge in [0.2, 0.25) is 5.91 Å². The topological polar surface area (TPSA) is 97.4 Å². The minimum Gasteiger partial charge on any atom is -0.472 e. The van der Waals surface area contributed by atoms with Crippen LogP contribution in [0.4, 0.5) is 0 Å². The van der Waals surface area contributed by atoms with Crippen LogP contribution < -0.4 is 16.4 Å². The molecule has 22 heavy (non-hydrogen) atoms. The molecule has 0 aliphatic rings. The lowest BCUT2D eigenvalue weighted by Gasteiger charge is -2.17. The second-order valence-electron chi connectivity index (χ2n) is 4.97. The van der Waals surface area contributed by atoms with Crippen molar-refractivity contribution in [1.29, 1.82) is 0 Å². The fourth-order valence-corrected chi connectivity index (χ4v) is 1.92. The van der Waals surface area contributed by atoms with Crippen molar-refractivity contribution in [2.45, 2.75) is 19.0 Å². The van der Waals surface area contributed by atoms with Crippen molar-refractivity contribution in [2.75, 3.05) is 6.54 Å². The van der Waals surface area contributed by atoms with Crippen LogP contribution in [0, 0.1) is 0 Å². The first kappa shape index (κ1) is 15.8. The number of hydrogen-bond donors (Lipinski definition) is 3. The fourth-order valence-electron chi connectivity index (χ4n) is 1.92. The molecule has 1 aromatic heterocycles. The van der Waals surface area contributed by atoms with E-state index in [-0.39, 0.29) is 17.9 Å². The fraction of sp³-hybridized carbons (Fsp3) is 0.250. The van der Waals surface area contributed by atoms with Gasteiger partial charge < -0.3 is 20.8 Å². The molecule has 2 rings (SSSR count). The van der Waals surface area contributed by atoms with E-state index < -0.39 is 6.04 Å². The third-order valence-electron chi connectivity index (χ3n) is 3.25. The Hall–Kier alpha value is -2.60. The van der Waals surface area contributed by atoms with Crippen molar-refractivity contribution in [3.05, 3.63) is 60.1 Å². The molecule has 6 nitrogen and oxygen atoms in total. The van der Waals surface area contributed by atoms with Gasteiger partial charge >= 0.3 is 0 Å². The Bertz CT molecular complexity index is 611. The van der Waals surface area contributed by atoms with Crippen molar-refractivity contribution in [3.63, 3.8) is 0 Å². The van der Waals surface area contributed by atoms with Gasteiger partial charge in [-0.05, 0) is 18.6 Å². The van der Waals surface area contributed by atoms with Gasteiger partial charge in [-0.25, -0.2) is 0 Å². The Balaban J connectivity index is 1.80. The van der Waals surface area contributed by atoms with Gasteiger partial charge in [0.25, 0.3) is 5.91 Å².